The Hall–Kier alpha value is -3.29. The van der Waals surface area contributed by atoms with Crippen LogP contribution in [0.2, 0.25) is 0 Å². The largest absolute Gasteiger partial charge is 0.475 e. The average molecular weight is 517 g/mol. The number of aromatic nitrogens is 5. The van der Waals surface area contributed by atoms with E-state index in [1.807, 2.05) is 12.3 Å². The molecule has 0 saturated heterocycles. The summed E-state index contributed by atoms with van der Waals surface area (Å²) in [5, 5.41) is 13.4. The first-order valence-electron chi connectivity index (χ1n) is 14.1. The van der Waals surface area contributed by atoms with Crippen molar-refractivity contribution in [3.05, 3.63) is 41.9 Å². The number of nitrogens with zero attached hydrogens (tertiary/aromatic N) is 5. The average Bonchev–Trinajstić information content (AvgIpc) is 3.21. The van der Waals surface area contributed by atoms with E-state index in [0.717, 1.165) is 49.3 Å². The van der Waals surface area contributed by atoms with E-state index in [0.29, 0.717) is 35.1 Å². The fraction of sp³-hybridized carbons (Fsp3) is 0.567. The van der Waals surface area contributed by atoms with Gasteiger partial charge in [-0.15, -0.1) is 0 Å². The number of hydrogen-bond acceptors (Lipinski definition) is 6. The number of nitrogens with one attached hydrogen (secondary N) is 1. The van der Waals surface area contributed by atoms with Crippen molar-refractivity contribution in [2.24, 2.45) is 17.8 Å². The number of anilines is 1. The van der Waals surface area contributed by atoms with E-state index >= 15 is 0 Å². The van der Waals surface area contributed by atoms with E-state index in [4.69, 9.17) is 9.97 Å². The molecule has 5 rings (SSSR count). The van der Waals surface area contributed by atoms with Crippen LogP contribution in [0, 0.1) is 17.8 Å². The van der Waals surface area contributed by atoms with Crippen LogP contribution >= 0.6 is 0 Å². The Balaban J connectivity index is 1.62. The van der Waals surface area contributed by atoms with Gasteiger partial charge in [0, 0.05) is 18.8 Å². The van der Waals surface area contributed by atoms with Crippen LogP contribution in [0.25, 0.3) is 22.7 Å². The minimum Gasteiger partial charge on any atom is -0.475 e. The summed E-state index contributed by atoms with van der Waals surface area (Å²) < 4.78 is 2.20. The molecule has 3 aromatic rings. The van der Waals surface area contributed by atoms with Crippen molar-refractivity contribution >= 4 is 23.0 Å². The first-order chi connectivity index (χ1) is 18.2. The predicted octanol–water partition coefficient (Wildman–Crippen LogP) is 6.69. The summed E-state index contributed by atoms with van der Waals surface area (Å²) in [5.41, 5.74) is 4.42. The van der Waals surface area contributed by atoms with Crippen LogP contribution in [-0.2, 0) is 6.54 Å². The Labute approximate surface area is 225 Å². The van der Waals surface area contributed by atoms with Crippen molar-refractivity contribution in [1.29, 1.82) is 0 Å². The van der Waals surface area contributed by atoms with Gasteiger partial charge in [-0.1, -0.05) is 32.4 Å². The smallest absolute Gasteiger partial charge is 0.374 e. The van der Waals surface area contributed by atoms with Crippen molar-refractivity contribution in [3.63, 3.8) is 0 Å². The fourth-order valence-corrected chi connectivity index (χ4v) is 5.90. The molecule has 2 fully saturated rings. The summed E-state index contributed by atoms with van der Waals surface area (Å²) in [5.74, 6) is 1.88. The van der Waals surface area contributed by atoms with Crippen LogP contribution in [0.5, 0.6) is 0 Å². The molecule has 1 atom stereocenters. The second-order valence-corrected chi connectivity index (χ2v) is 11.7. The third-order valence-corrected chi connectivity index (χ3v) is 8.68. The van der Waals surface area contributed by atoms with Gasteiger partial charge in [0.25, 0.3) is 0 Å². The number of aromatic carboxylic acids is 1. The zero-order chi connectivity index (χ0) is 27.0. The molecule has 0 radical (unpaired) electrons. The van der Waals surface area contributed by atoms with Gasteiger partial charge in [0.05, 0.1) is 0 Å². The molecule has 3 aromatic heterocycles. The Bertz CT molecular complexity index is 1330. The maximum absolute atomic E-state index is 12.0. The lowest BCUT2D eigenvalue weighted by molar-refractivity contribution is 0.0684. The summed E-state index contributed by atoms with van der Waals surface area (Å²) in [4.78, 5) is 30.5. The molecule has 0 amide bonds. The van der Waals surface area contributed by atoms with Gasteiger partial charge in [-0.3, -0.25) is 4.98 Å². The van der Waals surface area contributed by atoms with E-state index in [-0.39, 0.29) is 11.9 Å². The van der Waals surface area contributed by atoms with Gasteiger partial charge in [0.1, 0.15) is 11.2 Å². The molecule has 3 heterocycles. The van der Waals surface area contributed by atoms with Crippen molar-refractivity contribution in [3.8, 4) is 11.5 Å². The molecular formula is C30H40N6O2. The molecule has 2 N–H and O–H groups in total. The number of allylic oxidation sites excluding steroid dienone is 1. The highest BCUT2D eigenvalue weighted by Crippen LogP contribution is 2.37. The predicted molar refractivity (Wildman–Crippen MR) is 150 cm³/mol. The lowest BCUT2D eigenvalue weighted by atomic mass is 9.79. The Morgan fingerprint density at radius 2 is 1.87 bits per heavy atom. The van der Waals surface area contributed by atoms with E-state index in [1.54, 1.807) is 0 Å². The third-order valence-electron chi connectivity index (χ3n) is 8.68. The highest BCUT2D eigenvalue weighted by Gasteiger charge is 2.29. The van der Waals surface area contributed by atoms with Crippen molar-refractivity contribution in [1.82, 2.24) is 24.5 Å². The topological polar surface area (TPSA) is 106 Å². The number of carboxylic acids is 1. The van der Waals surface area contributed by atoms with Gasteiger partial charge in [0.15, 0.2) is 17.3 Å². The van der Waals surface area contributed by atoms with Crippen molar-refractivity contribution < 1.29 is 9.90 Å². The van der Waals surface area contributed by atoms with Gasteiger partial charge in [-0.2, -0.15) is 0 Å². The minimum absolute atomic E-state index is 0.184. The van der Waals surface area contributed by atoms with Crippen LogP contribution in [0.3, 0.4) is 0 Å². The fourth-order valence-electron chi connectivity index (χ4n) is 5.90. The van der Waals surface area contributed by atoms with Gasteiger partial charge in [-0.25, -0.2) is 19.7 Å². The van der Waals surface area contributed by atoms with Crippen LogP contribution < -0.4 is 5.32 Å². The number of pyridine rings is 1. The number of rotatable bonds is 9. The lowest BCUT2D eigenvalue weighted by Gasteiger charge is -2.32. The van der Waals surface area contributed by atoms with Crippen LogP contribution in [0.1, 0.15) is 94.7 Å². The minimum atomic E-state index is -1.15. The molecule has 8 nitrogen and oxygen atoms in total. The molecule has 202 valence electrons. The summed E-state index contributed by atoms with van der Waals surface area (Å²) >= 11 is 0. The maximum atomic E-state index is 12.0. The van der Waals surface area contributed by atoms with Gasteiger partial charge in [0.2, 0.25) is 5.82 Å². The molecule has 2 aliphatic carbocycles. The Kier molecular flexibility index (Phi) is 7.50. The number of imidazole rings is 1. The zero-order valence-corrected chi connectivity index (χ0v) is 23.1. The zero-order valence-electron chi connectivity index (χ0n) is 23.1. The Morgan fingerprint density at radius 1 is 1.13 bits per heavy atom. The maximum Gasteiger partial charge on any atom is 0.374 e. The molecule has 0 aliphatic heterocycles. The van der Waals surface area contributed by atoms with E-state index in [9.17, 15) is 9.90 Å². The highest BCUT2D eigenvalue weighted by molar-refractivity contribution is 5.92. The number of hydrogen-bond donors (Lipinski definition) is 2. The van der Waals surface area contributed by atoms with E-state index < -0.39 is 5.97 Å². The molecule has 8 heteroatoms. The van der Waals surface area contributed by atoms with Crippen molar-refractivity contribution in [2.75, 3.05) is 5.32 Å². The first kappa shape index (κ1) is 26.3. The summed E-state index contributed by atoms with van der Waals surface area (Å²) in [6.07, 6.45) is 9.95. The second kappa shape index (κ2) is 10.8. The molecular weight excluding hydrogens is 476 g/mol. The van der Waals surface area contributed by atoms with Crippen LogP contribution in [0.4, 0.5) is 5.82 Å². The van der Waals surface area contributed by atoms with Gasteiger partial charge in [-0.05, 0) is 93.7 Å². The van der Waals surface area contributed by atoms with E-state index in [1.165, 1.54) is 30.4 Å². The second-order valence-electron chi connectivity index (χ2n) is 11.7. The lowest BCUT2D eigenvalue weighted by Crippen LogP contribution is -2.31. The summed E-state index contributed by atoms with van der Waals surface area (Å²) in [6, 6.07) is 4.31. The van der Waals surface area contributed by atoms with Crippen LogP contribution in [0.15, 0.2) is 30.5 Å². The standard InChI is InChI=1S/C30H40N6O2/c1-17(2)21-11-9-20(10-12-21)16-36-25-26(32-19(5)22-7-6-8-22)33-28(30(37)38)34-27(25)35-29(36)24-15-23(18(3)4)13-14-31-24/h13-15,18-22H,1,6-12,16H2,2-5H3,(H,37,38)(H,32,33,34)/t19-,20?,21?/m1/s1. The molecule has 0 spiro atoms. The number of fused-ring (bicyclic) bond motifs is 1. The Morgan fingerprint density at radius 3 is 2.47 bits per heavy atom. The quantitative estimate of drug-likeness (QED) is 0.305. The normalized spacial score (nSPS) is 20.9. The van der Waals surface area contributed by atoms with E-state index in [2.05, 4.69) is 60.2 Å². The first-order valence-corrected chi connectivity index (χ1v) is 14.1. The molecule has 0 bridgehead atoms. The third kappa shape index (κ3) is 5.31. The number of carbonyl (C=O) groups is 1. The number of carboxylic acid groups (broad SMARTS) is 1. The van der Waals surface area contributed by atoms with Crippen molar-refractivity contribution in [2.45, 2.75) is 91.1 Å². The summed E-state index contributed by atoms with van der Waals surface area (Å²) in [7, 11) is 0. The molecule has 0 aromatic carbocycles. The SMILES string of the molecule is C=C(C)C1CCC(Cn2c(-c3cc(C(C)C)ccn3)nc3nc(C(=O)O)nc(N[C@H](C)C4CCC4)c32)CC1. The van der Waals surface area contributed by atoms with Gasteiger partial charge < -0.3 is 15.0 Å². The van der Waals surface area contributed by atoms with Gasteiger partial charge >= 0.3 is 5.97 Å². The molecule has 38 heavy (non-hydrogen) atoms. The molecule has 2 aliphatic rings. The highest BCUT2D eigenvalue weighted by atomic mass is 16.4. The monoisotopic (exact) mass is 516 g/mol. The molecule has 2 saturated carbocycles. The summed E-state index contributed by atoms with van der Waals surface area (Å²) in [6.45, 7) is 13.6. The molecule has 0 unspecified atom stereocenters. The van der Waals surface area contributed by atoms with Crippen LogP contribution in [-0.4, -0.2) is 41.6 Å².